The van der Waals surface area contributed by atoms with Crippen molar-refractivity contribution in [3.05, 3.63) is 87.3 Å². The maximum Gasteiger partial charge on any atom is 0.329 e. The monoisotopic (exact) mass is 680 g/mol. The molecule has 3 aliphatic heterocycles. The number of allylic oxidation sites excluding steroid dienone is 4. The quantitative estimate of drug-likeness (QED) is 0.144. The molecule has 3 aromatic heterocycles. The van der Waals surface area contributed by atoms with Crippen LogP contribution in [0.25, 0.3) is 33.2 Å². The Kier molecular flexibility index (Phi) is 9.41. The molecule has 0 spiro atoms. The van der Waals surface area contributed by atoms with Gasteiger partial charge in [-0.1, -0.05) is 56.0 Å². The first-order chi connectivity index (χ1) is 24.0. The summed E-state index contributed by atoms with van der Waals surface area (Å²) in [7, 11) is 1.82. The molecule has 0 N–H and O–H groups in total. The van der Waals surface area contributed by atoms with E-state index in [4.69, 9.17) is 9.72 Å². The number of halogens is 1. The van der Waals surface area contributed by atoms with Crippen LogP contribution < -0.4 is 5.69 Å². The fourth-order valence-electron chi connectivity index (χ4n) is 7.40. The van der Waals surface area contributed by atoms with E-state index < -0.39 is 5.92 Å². The fourth-order valence-corrected chi connectivity index (χ4v) is 8.52. The number of aryl methyl sites for hydroxylation is 2. The minimum Gasteiger partial charge on any atom is -0.497 e. The molecular weight excluding hydrogens is 640 g/mol. The van der Waals surface area contributed by atoms with Gasteiger partial charge in [0.2, 0.25) is 0 Å². The SMILES string of the molecule is CC#C/C=C\C(=C/CC)Sn1c2c(c3c1ncc1c3n(C3CCCC3)c(=O)n1C)-c1ccc(cc1)CC/C(OCC)=C/N1CC2C(OF)=N1. The molecule has 254 valence electrons. The van der Waals surface area contributed by atoms with E-state index in [2.05, 4.69) is 63.1 Å². The molecule has 11 heteroatoms. The van der Waals surface area contributed by atoms with Crippen LogP contribution in [-0.4, -0.2) is 42.1 Å². The minimum atomic E-state index is -0.603. The summed E-state index contributed by atoms with van der Waals surface area (Å²) in [6.45, 7) is 6.69. The molecular formula is C38H41FN6O3S. The Morgan fingerprint density at radius 2 is 1.96 bits per heavy atom. The van der Waals surface area contributed by atoms with E-state index in [0.717, 1.165) is 82.4 Å². The third-order valence-electron chi connectivity index (χ3n) is 9.62. The smallest absolute Gasteiger partial charge is 0.329 e. The topological polar surface area (TPSA) is 78.8 Å². The largest absolute Gasteiger partial charge is 0.497 e. The van der Waals surface area contributed by atoms with Gasteiger partial charge in [0.15, 0.2) is 5.65 Å². The van der Waals surface area contributed by atoms with Gasteiger partial charge in [0.25, 0.3) is 5.90 Å². The summed E-state index contributed by atoms with van der Waals surface area (Å²) in [5.74, 6) is 6.09. The number of hydrogen-bond donors (Lipinski definition) is 0. The van der Waals surface area contributed by atoms with Gasteiger partial charge in [-0.25, -0.2) is 9.78 Å². The van der Waals surface area contributed by atoms with Gasteiger partial charge in [-0.2, -0.15) is 0 Å². The van der Waals surface area contributed by atoms with Crippen LogP contribution in [0.3, 0.4) is 0 Å². The summed E-state index contributed by atoms with van der Waals surface area (Å²) < 4.78 is 26.4. The van der Waals surface area contributed by atoms with Crippen molar-refractivity contribution in [2.75, 3.05) is 13.2 Å². The Balaban J connectivity index is 1.60. The highest BCUT2D eigenvalue weighted by Crippen LogP contribution is 2.47. The lowest BCUT2D eigenvalue weighted by Gasteiger charge is -2.18. The molecule has 0 saturated heterocycles. The third-order valence-corrected chi connectivity index (χ3v) is 10.7. The van der Waals surface area contributed by atoms with Crippen LogP contribution in [0.2, 0.25) is 0 Å². The molecule has 1 aliphatic carbocycles. The molecule has 9 nitrogen and oxygen atoms in total. The number of pyridine rings is 1. The van der Waals surface area contributed by atoms with E-state index in [1.807, 2.05) is 36.9 Å². The van der Waals surface area contributed by atoms with Crippen LogP contribution in [0, 0.1) is 11.8 Å². The predicted molar refractivity (Wildman–Crippen MR) is 194 cm³/mol. The van der Waals surface area contributed by atoms with Gasteiger partial charge in [-0.05, 0) is 74.8 Å². The lowest BCUT2D eigenvalue weighted by atomic mass is 9.94. The molecule has 1 fully saturated rings. The van der Waals surface area contributed by atoms with Crippen molar-refractivity contribution < 1.29 is 14.2 Å². The van der Waals surface area contributed by atoms with Crippen LogP contribution in [0.15, 0.2) is 75.5 Å². The molecule has 1 saturated carbocycles. The van der Waals surface area contributed by atoms with Gasteiger partial charge in [0.1, 0.15) is 11.7 Å². The van der Waals surface area contributed by atoms with Crippen molar-refractivity contribution >= 4 is 39.9 Å². The lowest BCUT2D eigenvalue weighted by Crippen LogP contribution is -2.24. The molecule has 8 rings (SSSR count). The standard InChI is InChI=1S/C38H41FN6O3S/c1-5-8-9-15-29(12-6-2)49-45-34-30-24-43(41-37(30)48-39)23-28(47-7-3)21-18-25-16-19-26(20-17-25)32(34)33-35-31(22-40-36(33)45)42(4)38(46)44(35)27-13-10-11-14-27/h9,12,15-17,19-20,22-23,27,30H,6-7,10-11,13-14,18,21,24H2,1-4H3/b15-9-,28-23-,29-12+. The van der Waals surface area contributed by atoms with Gasteiger partial charge >= 0.3 is 5.69 Å². The molecule has 49 heavy (non-hydrogen) atoms. The molecule has 4 aromatic rings. The number of fused-ring (bicyclic) bond motifs is 7. The number of ether oxygens (including phenoxy) is 1. The summed E-state index contributed by atoms with van der Waals surface area (Å²) in [6, 6.07) is 8.64. The van der Waals surface area contributed by atoms with Gasteiger partial charge in [0, 0.05) is 34.5 Å². The van der Waals surface area contributed by atoms with Crippen molar-refractivity contribution in [1.82, 2.24) is 23.1 Å². The zero-order valence-corrected chi connectivity index (χ0v) is 29.2. The van der Waals surface area contributed by atoms with Gasteiger partial charge in [0.05, 0.1) is 47.7 Å². The summed E-state index contributed by atoms with van der Waals surface area (Å²) >= 11 is 1.51. The fraction of sp³-hybridized carbons (Fsp3) is 0.395. The Morgan fingerprint density at radius 3 is 2.67 bits per heavy atom. The molecule has 6 heterocycles. The number of hydrogen-bond acceptors (Lipinski definition) is 7. The summed E-state index contributed by atoms with van der Waals surface area (Å²) in [5, 5.41) is 7.18. The van der Waals surface area contributed by atoms with E-state index in [-0.39, 0.29) is 17.6 Å². The van der Waals surface area contributed by atoms with Crippen LogP contribution >= 0.6 is 11.9 Å². The number of benzene rings is 1. The maximum absolute atomic E-state index is 14.6. The highest BCUT2D eigenvalue weighted by molar-refractivity contribution is 8.02. The highest BCUT2D eigenvalue weighted by atomic mass is 32.2. The van der Waals surface area contributed by atoms with Gasteiger partial charge < -0.3 is 4.74 Å². The van der Waals surface area contributed by atoms with Gasteiger partial charge in [-0.3, -0.25) is 23.1 Å². The van der Waals surface area contributed by atoms with E-state index >= 15 is 0 Å². The Morgan fingerprint density at radius 1 is 1.16 bits per heavy atom. The maximum atomic E-state index is 14.6. The van der Waals surface area contributed by atoms with E-state index in [0.29, 0.717) is 25.2 Å². The van der Waals surface area contributed by atoms with Crippen LogP contribution in [0.5, 0.6) is 0 Å². The molecule has 4 bridgehead atoms. The average Bonchev–Trinajstić information content (AvgIpc) is 3.89. The molecule has 0 radical (unpaired) electrons. The van der Waals surface area contributed by atoms with Crippen LogP contribution in [-0.2, 0) is 23.1 Å². The molecule has 1 unspecified atom stereocenters. The summed E-state index contributed by atoms with van der Waals surface area (Å²) in [4.78, 5) is 24.6. The summed E-state index contributed by atoms with van der Waals surface area (Å²) in [6.07, 6.45) is 15.9. The molecule has 1 atom stereocenters. The average molecular weight is 681 g/mol. The second kappa shape index (κ2) is 14.0. The van der Waals surface area contributed by atoms with Crippen LogP contribution in [0.4, 0.5) is 4.53 Å². The Bertz CT molecular complexity index is 2140. The summed E-state index contributed by atoms with van der Waals surface area (Å²) in [5.41, 5.74) is 6.08. The highest BCUT2D eigenvalue weighted by Gasteiger charge is 2.39. The zero-order valence-electron chi connectivity index (χ0n) is 28.4. The Labute approximate surface area is 289 Å². The molecule has 4 aliphatic rings. The third kappa shape index (κ3) is 5.97. The van der Waals surface area contributed by atoms with Gasteiger partial charge in [-0.15, -0.1) is 11.0 Å². The molecule has 0 amide bonds. The first-order valence-electron chi connectivity index (χ1n) is 17.1. The van der Waals surface area contributed by atoms with E-state index in [9.17, 15) is 9.32 Å². The number of aromatic nitrogens is 4. The second-order valence-electron chi connectivity index (χ2n) is 12.6. The first-order valence-corrected chi connectivity index (χ1v) is 17.9. The van der Waals surface area contributed by atoms with Crippen molar-refractivity contribution in [1.29, 1.82) is 0 Å². The lowest BCUT2D eigenvalue weighted by molar-refractivity contribution is -0.0278. The van der Waals surface area contributed by atoms with Crippen molar-refractivity contribution in [3.8, 4) is 23.0 Å². The molecule has 1 aromatic carbocycles. The van der Waals surface area contributed by atoms with Crippen LogP contribution in [0.1, 0.15) is 82.5 Å². The second-order valence-corrected chi connectivity index (χ2v) is 13.7. The van der Waals surface area contributed by atoms with Crippen molar-refractivity contribution in [2.24, 2.45) is 12.1 Å². The minimum absolute atomic E-state index is 0.0439. The van der Waals surface area contributed by atoms with Crippen molar-refractivity contribution in [3.63, 3.8) is 0 Å². The zero-order chi connectivity index (χ0) is 34.1. The van der Waals surface area contributed by atoms with E-state index in [1.165, 1.54) is 17.5 Å². The predicted octanol–water partition coefficient (Wildman–Crippen LogP) is 8.28. The van der Waals surface area contributed by atoms with Crippen molar-refractivity contribution in [2.45, 2.75) is 77.7 Å². The normalized spacial score (nSPS) is 19.3. The van der Waals surface area contributed by atoms with E-state index in [1.54, 1.807) is 22.7 Å². The number of rotatable bonds is 7. The number of nitrogens with zero attached hydrogens (tertiary/aromatic N) is 6. The number of imidazole rings is 1. The Hall–Kier alpha value is -4.69. The first kappa shape index (κ1) is 32.8. The number of hydrazone groups is 1.